The zero-order chi connectivity index (χ0) is 24.3. The molecular weight excluding hydrogens is 396 g/mol. The van der Waals surface area contributed by atoms with Gasteiger partial charge in [-0.3, -0.25) is 14.4 Å². The molecule has 0 amide bonds. The van der Waals surface area contributed by atoms with Gasteiger partial charge in [-0.2, -0.15) is 0 Å². The molecule has 2 aromatic carbocycles. The molecule has 0 aliphatic rings. The Morgan fingerprint density at radius 2 is 0.969 bits per heavy atom. The number of aryl methyl sites for hydroxylation is 2. The van der Waals surface area contributed by atoms with Gasteiger partial charge in [0.25, 0.3) is 0 Å². The van der Waals surface area contributed by atoms with Crippen molar-refractivity contribution in [2.45, 2.75) is 68.2 Å². The molecule has 2 aromatic rings. The Balaban J connectivity index is 2.13. The quantitative estimate of drug-likeness (QED) is 0.377. The number of Topliss-reactive ketones (excluding diaryl/α,β-unsaturated/α-hetero) is 3. The van der Waals surface area contributed by atoms with Gasteiger partial charge in [-0.15, -0.1) is 0 Å². The summed E-state index contributed by atoms with van der Waals surface area (Å²) < 4.78 is 0. The Bertz CT molecular complexity index is 917. The highest BCUT2D eigenvalue weighted by atomic mass is 16.1. The molecule has 0 fully saturated rings. The molecule has 3 heteroatoms. The van der Waals surface area contributed by atoms with Crippen molar-refractivity contribution < 1.29 is 14.4 Å². The summed E-state index contributed by atoms with van der Waals surface area (Å²) in [6.45, 7) is 15.4. The van der Waals surface area contributed by atoms with Crippen LogP contribution < -0.4 is 0 Å². The first-order chi connectivity index (χ1) is 14.8. The molecule has 2 atom stereocenters. The van der Waals surface area contributed by atoms with Crippen molar-refractivity contribution in [2.24, 2.45) is 22.7 Å². The van der Waals surface area contributed by atoms with Gasteiger partial charge in [0.2, 0.25) is 0 Å². The molecule has 2 unspecified atom stereocenters. The lowest BCUT2D eigenvalue weighted by molar-refractivity contribution is -0.137. The van der Waals surface area contributed by atoms with Crippen LogP contribution in [0.5, 0.6) is 0 Å². The SMILES string of the molecule is Cc1ccccc1C(=O)C(C)CC(C)(C)C(=O)C(C)(C)CC(C)C(=O)c1ccccc1C. The fraction of sp³-hybridized carbons (Fsp3) is 0.483. The van der Waals surface area contributed by atoms with Crippen LogP contribution in [0.2, 0.25) is 0 Å². The predicted octanol–water partition coefficient (Wildman–Crippen LogP) is 7.04. The summed E-state index contributed by atoms with van der Waals surface area (Å²) in [7, 11) is 0. The van der Waals surface area contributed by atoms with E-state index in [1.807, 2.05) is 104 Å². The van der Waals surface area contributed by atoms with Gasteiger partial charge in [-0.1, -0.05) is 90.1 Å². The molecule has 0 heterocycles. The van der Waals surface area contributed by atoms with E-state index in [0.29, 0.717) is 12.8 Å². The van der Waals surface area contributed by atoms with Crippen molar-refractivity contribution in [3.8, 4) is 0 Å². The van der Waals surface area contributed by atoms with Crippen molar-refractivity contribution in [1.29, 1.82) is 0 Å². The minimum atomic E-state index is -0.674. The van der Waals surface area contributed by atoms with Crippen LogP contribution in [-0.2, 0) is 4.79 Å². The van der Waals surface area contributed by atoms with Gasteiger partial charge in [0.15, 0.2) is 11.6 Å². The van der Waals surface area contributed by atoms with E-state index in [-0.39, 0.29) is 29.2 Å². The molecule has 0 spiro atoms. The lowest BCUT2D eigenvalue weighted by Crippen LogP contribution is -2.40. The third-order valence-corrected chi connectivity index (χ3v) is 6.58. The molecule has 0 aromatic heterocycles. The van der Waals surface area contributed by atoms with E-state index in [9.17, 15) is 14.4 Å². The summed E-state index contributed by atoms with van der Waals surface area (Å²) in [6.07, 6.45) is 0.950. The molecule has 0 saturated heterocycles. The summed E-state index contributed by atoms with van der Waals surface area (Å²) in [5, 5.41) is 0. The molecule has 0 radical (unpaired) electrons. The molecule has 0 aliphatic heterocycles. The summed E-state index contributed by atoms with van der Waals surface area (Å²) in [5.74, 6) is -0.289. The summed E-state index contributed by atoms with van der Waals surface area (Å²) in [4.78, 5) is 39.6. The third-order valence-electron chi connectivity index (χ3n) is 6.58. The number of hydrogen-bond acceptors (Lipinski definition) is 3. The van der Waals surface area contributed by atoms with Crippen molar-refractivity contribution >= 4 is 17.3 Å². The summed E-state index contributed by atoms with van der Waals surface area (Å²) in [6, 6.07) is 15.2. The number of carbonyl (C=O) groups is 3. The van der Waals surface area contributed by atoms with Gasteiger partial charge < -0.3 is 0 Å². The van der Waals surface area contributed by atoms with E-state index >= 15 is 0 Å². The standard InChI is InChI=1S/C29H38O3/c1-19-13-9-11-15-23(19)25(30)21(3)17-28(5,6)27(32)29(7,8)18-22(4)26(31)24-16-12-10-14-20(24)2/h9-16,21-22H,17-18H2,1-8H3. The van der Waals surface area contributed by atoms with Crippen LogP contribution in [0.15, 0.2) is 48.5 Å². The van der Waals surface area contributed by atoms with Gasteiger partial charge in [-0.25, -0.2) is 0 Å². The molecule has 0 aliphatic carbocycles. The summed E-state index contributed by atoms with van der Waals surface area (Å²) in [5.41, 5.74) is 2.01. The molecule has 2 rings (SSSR count). The molecular formula is C29H38O3. The zero-order valence-electron chi connectivity index (χ0n) is 20.9. The number of carbonyl (C=O) groups excluding carboxylic acids is 3. The average Bonchev–Trinajstić information content (AvgIpc) is 2.72. The molecule has 172 valence electrons. The first kappa shape index (κ1) is 25.7. The van der Waals surface area contributed by atoms with Crippen molar-refractivity contribution in [3.63, 3.8) is 0 Å². The number of benzene rings is 2. The van der Waals surface area contributed by atoms with Gasteiger partial charge in [0.05, 0.1) is 0 Å². The lowest BCUT2D eigenvalue weighted by atomic mass is 9.66. The van der Waals surface area contributed by atoms with Crippen molar-refractivity contribution in [1.82, 2.24) is 0 Å². The van der Waals surface area contributed by atoms with E-state index in [0.717, 1.165) is 22.3 Å². The minimum Gasteiger partial charge on any atom is -0.299 e. The Morgan fingerprint density at radius 1 is 0.656 bits per heavy atom. The highest BCUT2D eigenvalue weighted by Gasteiger charge is 2.42. The molecule has 32 heavy (non-hydrogen) atoms. The molecule has 0 saturated carbocycles. The highest BCUT2D eigenvalue weighted by Crippen LogP contribution is 2.39. The van der Waals surface area contributed by atoms with E-state index in [1.165, 1.54) is 0 Å². The third kappa shape index (κ3) is 5.82. The Hall–Kier alpha value is -2.55. The maximum Gasteiger partial charge on any atom is 0.165 e. The van der Waals surface area contributed by atoms with Crippen LogP contribution in [0.4, 0.5) is 0 Å². The Kier molecular flexibility index (Phi) is 7.98. The second kappa shape index (κ2) is 9.94. The predicted molar refractivity (Wildman–Crippen MR) is 131 cm³/mol. The largest absolute Gasteiger partial charge is 0.299 e. The van der Waals surface area contributed by atoms with E-state index in [4.69, 9.17) is 0 Å². The smallest absolute Gasteiger partial charge is 0.165 e. The van der Waals surface area contributed by atoms with Crippen LogP contribution in [0.1, 0.15) is 86.2 Å². The van der Waals surface area contributed by atoms with Gasteiger partial charge in [0, 0.05) is 33.8 Å². The summed E-state index contributed by atoms with van der Waals surface area (Å²) >= 11 is 0. The van der Waals surface area contributed by atoms with Gasteiger partial charge in [0.1, 0.15) is 5.78 Å². The lowest BCUT2D eigenvalue weighted by Gasteiger charge is -2.36. The Morgan fingerprint density at radius 3 is 1.28 bits per heavy atom. The molecule has 3 nitrogen and oxygen atoms in total. The van der Waals surface area contributed by atoms with E-state index in [2.05, 4.69) is 0 Å². The highest BCUT2D eigenvalue weighted by molar-refractivity contribution is 6.00. The fourth-order valence-electron chi connectivity index (χ4n) is 5.05. The van der Waals surface area contributed by atoms with Crippen LogP contribution in [0, 0.1) is 36.5 Å². The number of hydrogen-bond donors (Lipinski definition) is 0. The minimum absolute atomic E-state index is 0.0740. The molecule has 0 bridgehead atoms. The molecule has 0 N–H and O–H groups in total. The van der Waals surface area contributed by atoms with Crippen LogP contribution in [-0.4, -0.2) is 17.3 Å². The average molecular weight is 435 g/mol. The van der Waals surface area contributed by atoms with Crippen molar-refractivity contribution in [2.75, 3.05) is 0 Å². The maximum atomic E-state index is 13.6. The fourth-order valence-corrected chi connectivity index (χ4v) is 5.05. The van der Waals surface area contributed by atoms with E-state index in [1.54, 1.807) is 0 Å². The van der Waals surface area contributed by atoms with Crippen LogP contribution >= 0.6 is 0 Å². The van der Waals surface area contributed by atoms with Crippen molar-refractivity contribution in [3.05, 3.63) is 70.8 Å². The van der Waals surface area contributed by atoms with Gasteiger partial charge >= 0.3 is 0 Å². The van der Waals surface area contributed by atoms with E-state index < -0.39 is 10.8 Å². The second-order valence-corrected chi connectivity index (χ2v) is 10.7. The monoisotopic (exact) mass is 434 g/mol. The Labute approximate surface area is 193 Å². The number of ketones is 3. The maximum absolute atomic E-state index is 13.6. The zero-order valence-corrected chi connectivity index (χ0v) is 20.9. The number of rotatable bonds is 10. The second-order valence-electron chi connectivity index (χ2n) is 10.7. The normalized spacial score (nSPS) is 14.0. The first-order valence-electron chi connectivity index (χ1n) is 11.5. The van der Waals surface area contributed by atoms with Crippen LogP contribution in [0.3, 0.4) is 0 Å². The topological polar surface area (TPSA) is 51.2 Å². The first-order valence-corrected chi connectivity index (χ1v) is 11.5. The van der Waals surface area contributed by atoms with Crippen LogP contribution in [0.25, 0.3) is 0 Å². The van der Waals surface area contributed by atoms with Gasteiger partial charge in [-0.05, 0) is 37.8 Å².